The summed E-state index contributed by atoms with van der Waals surface area (Å²) in [7, 11) is -4.12. The molecule has 0 unspecified atom stereocenters. The van der Waals surface area contributed by atoms with Crippen LogP contribution in [0, 0.1) is 0 Å². The Balaban J connectivity index is -0.00000000300. The lowest BCUT2D eigenvalue weighted by molar-refractivity contribution is 0.633. The van der Waals surface area contributed by atoms with Gasteiger partial charge >= 0.3 is 8.85 Å². The molecule has 10 heavy (non-hydrogen) atoms. The number of halogens is 9. The van der Waals surface area contributed by atoms with Gasteiger partial charge in [0.25, 0.3) is 0 Å². The van der Waals surface area contributed by atoms with Gasteiger partial charge in [-0.15, -0.1) is 0 Å². The van der Waals surface area contributed by atoms with Gasteiger partial charge in [-0.25, -0.2) is 0 Å². The second-order valence-electron chi connectivity index (χ2n) is 0.192. The summed E-state index contributed by atoms with van der Waals surface area (Å²) in [6.07, 6.45) is 0. The zero-order valence-corrected chi connectivity index (χ0v) is 4.93. The highest BCUT2D eigenvalue weighted by Gasteiger charge is 1.91. The van der Waals surface area contributed by atoms with Crippen molar-refractivity contribution in [2.45, 2.75) is 0 Å². The highest BCUT2D eigenvalue weighted by Crippen LogP contribution is 2.39. The summed E-state index contributed by atoms with van der Waals surface area (Å²) in [5.41, 5.74) is 0. The van der Waals surface area contributed by atoms with Crippen LogP contribution < -0.4 is 0 Å². The lowest BCUT2D eigenvalue weighted by Crippen LogP contribution is -1.10. The zero-order chi connectivity index (χ0) is 3.58. The molecule has 0 bridgehead atoms. The van der Waals surface area contributed by atoms with Gasteiger partial charge in [-0.3, -0.25) is 28.2 Å². The van der Waals surface area contributed by atoms with Crippen LogP contribution in [0.1, 0.15) is 0 Å². The molecule has 0 saturated heterocycles. The Morgan fingerprint density at radius 2 is 0.500 bits per heavy atom. The first-order chi connectivity index (χ1) is 1.73. The molecule has 0 aliphatic carbocycles. The fourth-order valence-electron chi connectivity index (χ4n) is 0. The van der Waals surface area contributed by atoms with E-state index in [-0.39, 0.29) is 28.2 Å². The third kappa shape index (κ3) is 9020. The second-order valence-corrected chi connectivity index (χ2v) is 0.575. The third-order valence-corrected chi connectivity index (χ3v) is 0. The minimum atomic E-state index is -4.12. The molecule has 0 spiro atoms. The van der Waals surface area contributed by atoms with Crippen LogP contribution in [0.5, 0.6) is 0 Å². The van der Waals surface area contributed by atoms with Crippen molar-refractivity contribution < 1.29 is 40.8 Å². The molecule has 0 radical (unpaired) electrons. The van der Waals surface area contributed by atoms with E-state index in [0.29, 0.717) is 0 Å². The predicted octanol–water partition coefficient (Wildman–Crippen LogP) is 3.04. The molecule has 0 amide bonds. The van der Waals surface area contributed by atoms with Crippen molar-refractivity contribution in [3.8, 4) is 0 Å². The maximum absolute atomic E-state index is 9.73. The molecule has 0 nitrogen and oxygen atoms in total. The quantitative estimate of drug-likeness (QED) is 0.424. The molecule has 10 heteroatoms. The molecule has 0 aliphatic heterocycles. The first kappa shape index (κ1) is 96.8. The minimum Gasteiger partial charge on any atom is -0.269 e. The average Bonchev–Trinajstić information content (AvgIpc) is 0.811. The monoisotopic (exact) mass is 208 g/mol. The summed E-state index contributed by atoms with van der Waals surface area (Å²) in [5.74, 6) is 0. The molecule has 0 aliphatic rings. The first-order valence-corrected chi connectivity index (χ1v) is 1.52. The Morgan fingerprint density at radius 1 is 0.500 bits per heavy atom. The third-order valence-electron chi connectivity index (χ3n) is 0. The van der Waals surface area contributed by atoms with Crippen LogP contribution in [0.25, 0.3) is 0 Å². The maximum atomic E-state index is 9.73. The van der Waals surface area contributed by atoms with E-state index in [0.717, 1.165) is 0 Å². The van der Waals surface area contributed by atoms with Crippen LogP contribution in [-0.2, 0) is 0 Å². The van der Waals surface area contributed by atoms with E-state index in [1.165, 1.54) is 0 Å². The Kier molecular flexibility index (Phi) is 661. The van der Waals surface area contributed by atoms with E-state index in [1.54, 1.807) is 0 Å². The summed E-state index contributed by atoms with van der Waals surface area (Å²) < 4.78 is 29.2. The molecule has 0 atom stereocenters. The van der Waals surface area contributed by atoms with Gasteiger partial charge in [0, 0.05) is 0 Å². The summed E-state index contributed by atoms with van der Waals surface area (Å²) in [5, 5.41) is 0. The Hall–Kier alpha value is -0.200. The van der Waals surface area contributed by atoms with Gasteiger partial charge in [0.05, 0.1) is 0 Å². The Morgan fingerprint density at radius 3 is 0.500 bits per heavy atom. The molecule has 0 heterocycles. The fraction of sp³-hybridized carbons (Fsp3) is 0. The zero-order valence-electron chi connectivity index (χ0n) is 4.03. The molecular weight excluding hydrogens is 202 g/mol. The van der Waals surface area contributed by atoms with E-state index < -0.39 is 8.85 Å². The van der Waals surface area contributed by atoms with Crippen molar-refractivity contribution in [2.24, 2.45) is 0 Å². The predicted molar refractivity (Wildman–Crippen MR) is 25.3 cm³/mol. The lowest BCUT2D eigenvalue weighted by Gasteiger charge is -1.61. The average molecular weight is 208 g/mol. The van der Waals surface area contributed by atoms with E-state index in [2.05, 4.69) is 0 Å². The van der Waals surface area contributed by atoms with E-state index in [4.69, 9.17) is 0 Å². The van der Waals surface area contributed by atoms with Crippen molar-refractivity contribution in [3.63, 3.8) is 0 Å². The second kappa shape index (κ2) is 68.3. The number of hydrogen-bond acceptors (Lipinski definition) is 0. The molecule has 0 saturated carbocycles. The topological polar surface area (TPSA) is 0 Å². The summed E-state index contributed by atoms with van der Waals surface area (Å²) >= 11 is 0. The van der Waals surface area contributed by atoms with Gasteiger partial charge < -0.3 is 0 Å². The molecule has 0 aromatic heterocycles. The van der Waals surface area contributed by atoms with Crippen molar-refractivity contribution >= 4 is 8.85 Å². The lowest BCUT2D eigenvalue weighted by atomic mass is 18.8. The molecule has 0 aromatic rings. The molecule has 0 N–H and O–H groups in total. The summed E-state index contributed by atoms with van der Waals surface area (Å²) in [4.78, 5) is 0. The van der Waals surface area contributed by atoms with Crippen LogP contribution in [-0.4, -0.2) is 0 Å². The molecule has 0 aromatic carbocycles. The van der Waals surface area contributed by atoms with Crippen LogP contribution in [0.15, 0.2) is 0 Å². The van der Waals surface area contributed by atoms with Crippen LogP contribution >= 0.6 is 8.85 Å². The number of rotatable bonds is 0. The van der Waals surface area contributed by atoms with Crippen molar-refractivity contribution in [1.82, 2.24) is 0 Å². The molecule has 74 valence electrons. The molecular formula is H6F9P. The van der Waals surface area contributed by atoms with Gasteiger partial charge in [-0.05, 0) is 0 Å². The van der Waals surface area contributed by atoms with Gasteiger partial charge in [-0.2, -0.15) is 12.6 Å². The molecule has 0 fully saturated rings. The Bertz CT molecular complexity index is 9.44. The van der Waals surface area contributed by atoms with Gasteiger partial charge in [-0.1, -0.05) is 0 Å². The van der Waals surface area contributed by atoms with Crippen LogP contribution in [0.3, 0.4) is 0 Å². The largest absolute Gasteiger partial charge is 0.456 e. The van der Waals surface area contributed by atoms with Crippen molar-refractivity contribution in [1.29, 1.82) is 0 Å². The van der Waals surface area contributed by atoms with Gasteiger partial charge in [0.1, 0.15) is 0 Å². The standard InChI is InChI=1S/F3P.6FH/c1-4(2)3;;;;;;/h;6*1H. The summed E-state index contributed by atoms with van der Waals surface area (Å²) in [6.45, 7) is 0. The van der Waals surface area contributed by atoms with E-state index in [1.807, 2.05) is 0 Å². The van der Waals surface area contributed by atoms with E-state index in [9.17, 15) is 12.6 Å². The highest BCUT2D eigenvalue weighted by atomic mass is 31.2. The fourth-order valence-corrected chi connectivity index (χ4v) is 0. The van der Waals surface area contributed by atoms with E-state index >= 15 is 0 Å². The highest BCUT2D eigenvalue weighted by molar-refractivity contribution is 7.40. The van der Waals surface area contributed by atoms with Crippen LogP contribution in [0.4, 0.5) is 40.8 Å². The maximum Gasteiger partial charge on any atom is 0.456 e. The van der Waals surface area contributed by atoms with Gasteiger partial charge in [0.2, 0.25) is 0 Å². The summed E-state index contributed by atoms with van der Waals surface area (Å²) in [6, 6.07) is 0. The van der Waals surface area contributed by atoms with Gasteiger partial charge in [0.15, 0.2) is 0 Å². The van der Waals surface area contributed by atoms with Crippen LogP contribution in [0.2, 0.25) is 0 Å². The first-order valence-electron chi connectivity index (χ1n) is 0.507. The van der Waals surface area contributed by atoms with Crippen molar-refractivity contribution in [2.75, 3.05) is 0 Å². The Labute approximate surface area is 51.1 Å². The van der Waals surface area contributed by atoms with Crippen molar-refractivity contribution in [3.05, 3.63) is 0 Å². The SMILES string of the molecule is F.F.F.F.F.F.FP(F)F. The molecule has 0 rings (SSSR count). The normalized spacial score (nSPS) is 3.60. The smallest absolute Gasteiger partial charge is 0.269 e. The minimum absolute atomic E-state index is 0. The number of hydrogen-bond donors (Lipinski definition) is 0.